The fourth-order valence-corrected chi connectivity index (χ4v) is 2.26. The normalized spacial score (nSPS) is 23.5. The van der Waals surface area contributed by atoms with Crippen molar-refractivity contribution in [2.45, 2.75) is 51.7 Å². The summed E-state index contributed by atoms with van der Waals surface area (Å²) >= 11 is 0. The van der Waals surface area contributed by atoms with Crippen LogP contribution in [-0.4, -0.2) is 18.8 Å². The zero-order valence-electron chi connectivity index (χ0n) is 11.1. The number of hydrogen-bond donors (Lipinski definition) is 1. The van der Waals surface area contributed by atoms with Crippen molar-refractivity contribution >= 4 is 5.69 Å². The number of nitrogens with one attached hydrogen (secondary N) is 1. The van der Waals surface area contributed by atoms with Crippen LogP contribution in [0.25, 0.3) is 0 Å². The smallest absolute Gasteiger partial charge is 0.0614 e. The highest BCUT2D eigenvalue weighted by atomic mass is 16.5. The van der Waals surface area contributed by atoms with Crippen molar-refractivity contribution in [2.75, 3.05) is 11.9 Å². The van der Waals surface area contributed by atoms with Crippen molar-refractivity contribution in [3.05, 3.63) is 29.8 Å². The van der Waals surface area contributed by atoms with E-state index in [1.165, 1.54) is 11.3 Å². The number of anilines is 1. The van der Waals surface area contributed by atoms with Crippen LogP contribution in [0.5, 0.6) is 0 Å². The van der Waals surface area contributed by atoms with Gasteiger partial charge in [0.15, 0.2) is 0 Å². The zero-order valence-corrected chi connectivity index (χ0v) is 11.1. The van der Waals surface area contributed by atoms with Gasteiger partial charge < -0.3 is 10.1 Å². The number of benzene rings is 1. The molecular formula is C15H23NO. The third kappa shape index (κ3) is 3.22. The molecule has 0 aliphatic heterocycles. The molecule has 1 aromatic rings. The number of ether oxygens (including phenoxy) is 1. The summed E-state index contributed by atoms with van der Waals surface area (Å²) in [5, 5.41) is 3.55. The van der Waals surface area contributed by atoms with Crippen LogP contribution < -0.4 is 5.32 Å². The minimum atomic E-state index is 0.479. The summed E-state index contributed by atoms with van der Waals surface area (Å²) in [5.41, 5.74) is 2.63. The second kappa shape index (κ2) is 5.54. The molecule has 0 saturated heterocycles. The van der Waals surface area contributed by atoms with Crippen molar-refractivity contribution in [3.63, 3.8) is 0 Å². The largest absolute Gasteiger partial charge is 0.382 e. The highest BCUT2D eigenvalue weighted by Gasteiger charge is 2.29. The molecule has 94 valence electrons. The number of rotatable bonds is 5. The van der Waals surface area contributed by atoms with Gasteiger partial charge in [-0.3, -0.25) is 0 Å². The Balaban J connectivity index is 1.80. The Morgan fingerprint density at radius 2 is 1.88 bits per heavy atom. The van der Waals surface area contributed by atoms with Gasteiger partial charge >= 0.3 is 0 Å². The van der Waals surface area contributed by atoms with Crippen molar-refractivity contribution in [1.29, 1.82) is 0 Å². The van der Waals surface area contributed by atoms with Crippen LogP contribution in [0.3, 0.4) is 0 Å². The molecule has 1 N–H and O–H groups in total. The maximum Gasteiger partial charge on any atom is 0.0614 e. The van der Waals surface area contributed by atoms with Gasteiger partial charge in [-0.15, -0.1) is 0 Å². The summed E-state index contributed by atoms with van der Waals surface area (Å²) in [6.45, 7) is 7.34. The standard InChI is InChI=1S/C15H23NO/c1-4-17-15-9-14(10-15)16-13-7-5-12(6-8-13)11(2)3/h5-8,11,14-16H,4,9-10H2,1-3H3. The molecule has 0 aromatic heterocycles. The molecule has 1 aliphatic rings. The van der Waals surface area contributed by atoms with Crippen LogP contribution in [0.4, 0.5) is 5.69 Å². The molecule has 17 heavy (non-hydrogen) atoms. The SMILES string of the molecule is CCOC1CC(Nc2ccc(C(C)C)cc2)C1. The third-order valence-corrected chi connectivity index (χ3v) is 3.45. The van der Waals surface area contributed by atoms with E-state index in [0.717, 1.165) is 19.4 Å². The van der Waals surface area contributed by atoms with E-state index in [9.17, 15) is 0 Å². The second-order valence-electron chi connectivity index (χ2n) is 5.17. The lowest BCUT2D eigenvalue weighted by Crippen LogP contribution is -2.40. The summed E-state index contributed by atoms with van der Waals surface area (Å²) in [6.07, 6.45) is 2.76. The van der Waals surface area contributed by atoms with Gasteiger partial charge in [-0.2, -0.15) is 0 Å². The topological polar surface area (TPSA) is 21.3 Å². The predicted molar refractivity (Wildman–Crippen MR) is 72.6 cm³/mol. The molecule has 0 heterocycles. The first-order valence-electron chi connectivity index (χ1n) is 6.67. The zero-order chi connectivity index (χ0) is 12.3. The van der Waals surface area contributed by atoms with Crippen molar-refractivity contribution in [3.8, 4) is 0 Å². The molecule has 0 atom stereocenters. The molecule has 2 heteroatoms. The second-order valence-corrected chi connectivity index (χ2v) is 5.17. The van der Waals surface area contributed by atoms with Gasteiger partial charge in [0.2, 0.25) is 0 Å². The van der Waals surface area contributed by atoms with Gasteiger partial charge in [0.1, 0.15) is 0 Å². The van der Waals surface area contributed by atoms with Crippen LogP contribution in [0.15, 0.2) is 24.3 Å². The molecule has 1 aliphatic carbocycles. The van der Waals surface area contributed by atoms with Gasteiger partial charge in [0, 0.05) is 18.3 Å². The van der Waals surface area contributed by atoms with E-state index < -0.39 is 0 Å². The fourth-order valence-electron chi connectivity index (χ4n) is 2.26. The molecule has 0 amide bonds. The Hall–Kier alpha value is -1.02. The lowest BCUT2D eigenvalue weighted by Gasteiger charge is -2.36. The van der Waals surface area contributed by atoms with Gasteiger partial charge in [-0.05, 0) is 43.4 Å². The maximum absolute atomic E-state index is 5.56. The molecule has 2 nitrogen and oxygen atoms in total. The Bertz CT molecular complexity index is 338. The Morgan fingerprint density at radius 1 is 1.24 bits per heavy atom. The van der Waals surface area contributed by atoms with Gasteiger partial charge in [-0.25, -0.2) is 0 Å². The Kier molecular flexibility index (Phi) is 4.06. The summed E-state index contributed by atoms with van der Waals surface area (Å²) in [4.78, 5) is 0. The average Bonchev–Trinajstić information content (AvgIpc) is 2.27. The van der Waals surface area contributed by atoms with E-state index in [1.54, 1.807) is 0 Å². The van der Waals surface area contributed by atoms with E-state index in [2.05, 4.69) is 50.4 Å². The van der Waals surface area contributed by atoms with E-state index in [-0.39, 0.29) is 0 Å². The van der Waals surface area contributed by atoms with Gasteiger partial charge in [0.25, 0.3) is 0 Å². The van der Waals surface area contributed by atoms with Gasteiger partial charge in [-0.1, -0.05) is 26.0 Å². The minimum Gasteiger partial charge on any atom is -0.382 e. The first-order chi connectivity index (χ1) is 8.19. The summed E-state index contributed by atoms with van der Waals surface area (Å²) in [6, 6.07) is 9.39. The molecule has 1 fully saturated rings. The fraction of sp³-hybridized carbons (Fsp3) is 0.600. The summed E-state index contributed by atoms with van der Waals surface area (Å²) in [5.74, 6) is 0.607. The predicted octanol–water partition coefficient (Wildman–Crippen LogP) is 3.79. The van der Waals surface area contributed by atoms with Crippen LogP contribution >= 0.6 is 0 Å². The molecule has 0 unspecified atom stereocenters. The molecule has 0 spiro atoms. The molecule has 2 rings (SSSR count). The van der Waals surface area contributed by atoms with E-state index in [0.29, 0.717) is 18.1 Å². The van der Waals surface area contributed by atoms with Gasteiger partial charge in [0.05, 0.1) is 6.10 Å². The lowest BCUT2D eigenvalue weighted by atomic mass is 9.89. The average molecular weight is 233 g/mol. The van der Waals surface area contributed by atoms with E-state index >= 15 is 0 Å². The molecule has 0 radical (unpaired) electrons. The maximum atomic E-state index is 5.56. The van der Waals surface area contributed by atoms with Crippen molar-refractivity contribution in [2.24, 2.45) is 0 Å². The quantitative estimate of drug-likeness (QED) is 0.835. The monoisotopic (exact) mass is 233 g/mol. The third-order valence-electron chi connectivity index (χ3n) is 3.45. The van der Waals surface area contributed by atoms with E-state index in [1.807, 2.05) is 0 Å². The highest BCUT2D eigenvalue weighted by molar-refractivity contribution is 5.46. The van der Waals surface area contributed by atoms with Crippen LogP contribution in [0.1, 0.15) is 45.1 Å². The highest BCUT2D eigenvalue weighted by Crippen LogP contribution is 2.27. The first-order valence-corrected chi connectivity index (χ1v) is 6.67. The molecular weight excluding hydrogens is 210 g/mol. The molecule has 1 saturated carbocycles. The van der Waals surface area contributed by atoms with Crippen molar-refractivity contribution < 1.29 is 4.74 Å². The summed E-state index contributed by atoms with van der Waals surface area (Å²) in [7, 11) is 0. The Morgan fingerprint density at radius 3 is 2.41 bits per heavy atom. The molecule has 0 bridgehead atoms. The van der Waals surface area contributed by atoms with Crippen molar-refractivity contribution in [1.82, 2.24) is 0 Å². The lowest BCUT2D eigenvalue weighted by molar-refractivity contribution is 0.00299. The molecule has 1 aromatic carbocycles. The Labute approximate surface area is 104 Å². The van der Waals surface area contributed by atoms with Crippen LogP contribution in [-0.2, 0) is 4.74 Å². The van der Waals surface area contributed by atoms with E-state index in [4.69, 9.17) is 4.74 Å². The van der Waals surface area contributed by atoms with Crippen LogP contribution in [0.2, 0.25) is 0 Å². The summed E-state index contributed by atoms with van der Waals surface area (Å²) < 4.78 is 5.56. The number of hydrogen-bond acceptors (Lipinski definition) is 2. The minimum absolute atomic E-state index is 0.479. The van der Waals surface area contributed by atoms with Crippen LogP contribution in [0, 0.1) is 0 Å². The first kappa shape index (κ1) is 12.4.